The maximum Gasteiger partial charge on any atom is 0.0336 e. The second-order valence-electron chi connectivity index (χ2n) is 1.87. The molecule has 0 N–H and O–H groups in total. The summed E-state index contributed by atoms with van der Waals surface area (Å²) < 4.78 is 0. The van der Waals surface area contributed by atoms with E-state index in [4.69, 9.17) is 11.6 Å². The van der Waals surface area contributed by atoms with Crippen molar-refractivity contribution >= 4 is 11.6 Å². The molecule has 0 aromatic heterocycles. The summed E-state index contributed by atoms with van der Waals surface area (Å²) in [6.45, 7) is 6.15. The lowest BCUT2D eigenvalue weighted by Gasteiger charge is -2.07. The van der Waals surface area contributed by atoms with Crippen molar-refractivity contribution < 1.29 is 0 Å². The van der Waals surface area contributed by atoms with Crippen LogP contribution in [0.4, 0.5) is 0 Å². The molecule has 0 saturated carbocycles. The van der Waals surface area contributed by atoms with Gasteiger partial charge in [0.25, 0.3) is 0 Å². The third-order valence-electron chi connectivity index (χ3n) is 1.25. The molecule has 0 bridgehead atoms. The Hall–Kier alpha value is 0.290. The topological polar surface area (TPSA) is 0 Å². The lowest BCUT2D eigenvalue weighted by Crippen LogP contribution is -2.04. The summed E-state index contributed by atoms with van der Waals surface area (Å²) in [6.07, 6.45) is 2.11. The first-order valence-electron chi connectivity index (χ1n) is 2.62. The van der Waals surface area contributed by atoms with E-state index in [1.54, 1.807) is 0 Å². The van der Waals surface area contributed by atoms with E-state index in [1.165, 1.54) is 0 Å². The van der Waals surface area contributed by atoms with Gasteiger partial charge in [-0.05, 0) is 19.3 Å². The van der Waals surface area contributed by atoms with Crippen LogP contribution in [-0.2, 0) is 0 Å². The van der Waals surface area contributed by atoms with Gasteiger partial charge in [-0.15, -0.1) is 11.6 Å². The molecule has 43 valence electrons. The van der Waals surface area contributed by atoms with Crippen molar-refractivity contribution in [1.82, 2.24) is 0 Å². The average molecular weight is 120 g/mol. The first kappa shape index (κ1) is 7.29. The van der Waals surface area contributed by atoms with Gasteiger partial charge in [0.2, 0.25) is 0 Å². The van der Waals surface area contributed by atoms with E-state index in [0.717, 1.165) is 0 Å². The SMILES string of the molecule is C[CH]C(C)C(C)Cl. The Labute approximate surface area is 50.9 Å². The van der Waals surface area contributed by atoms with E-state index in [2.05, 4.69) is 13.3 Å². The molecule has 2 atom stereocenters. The number of alkyl halides is 1. The van der Waals surface area contributed by atoms with Crippen LogP contribution in [0.5, 0.6) is 0 Å². The second-order valence-corrected chi connectivity index (χ2v) is 2.56. The summed E-state index contributed by atoms with van der Waals surface area (Å²) in [6, 6.07) is 0. The highest BCUT2D eigenvalue weighted by Gasteiger charge is 2.03. The Kier molecular flexibility index (Phi) is 3.45. The third-order valence-corrected chi connectivity index (χ3v) is 1.65. The molecule has 0 fully saturated rings. The van der Waals surface area contributed by atoms with Crippen LogP contribution in [0.3, 0.4) is 0 Å². The van der Waals surface area contributed by atoms with Gasteiger partial charge in [0, 0.05) is 5.38 Å². The van der Waals surface area contributed by atoms with Crippen LogP contribution in [0.1, 0.15) is 20.8 Å². The molecule has 0 aromatic rings. The monoisotopic (exact) mass is 119 g/mol. The minimum absolute atomic E-state index is 0.282. The molecule has 1 radical (unpaired) electrons. The standard InChI is InChI=1S/C6H12Cl/c1-4-5(2)6(3)7/h4-6H,1-3H3. The summed E-state index contributed by atoms with van der Waals surface area (Å²) in [4.78, 5) is 0. The third kappa shape index (κ3) is 2.93. The highest BCUT2D eigenvalue weighted by Crippen LogP contribution is 2.10. The van der Waals surface area contributed by atoms with E-state index in [1.807, 2.05) is 13.8 Å². The van der Waals surface area contributed by atoms with Gasteiger partial charge in [0.05, 0.1) is 0 Å². The number of halogens is 1. The smallest absolute Gasteiger partial charge is 0.0336 e. The first-order valence-corrected chi connectivity index (χ1v) is 3.05. The second kappa shape index (κ2) is 3.31. The molecule has 0 rings (SSSR count). The Balaban J connectivity index is 3.14. The molecule has 0 aliphatic carbocycles. The zero-order valence-corrected chi connectivity index (χ0v) is 5.87. The van der Waals surface area contributed by atoms with Crippen molar-refractivity contribution in [3.63, 3.8) is 0 Å². The van der Waals surface area contributed by atoms with E-state index in [-0.39, 0.29) is 5.38 Å². The molecule has 7 heavy (non-hydrogen) atoms. The highest BCUT2D eigenvalue weighted by molar-refractivity contribution is 6.20. The minimum Gasteiger partial charge on any atom is -0.123 e. The molecule has 1 heteroatoms. The fourth-order valence-corrected chi connectivity index (χ4v) is 0.411. The molecular formula is C6H12Cl. The van der Waals surface area contributed by atoms with Crippen LogP contribution in [0.2, 0.25) is 0 Å². The lowest BCUT2D eigenvalue weighted by molar-refractivity contribution is 0.657. The summed E-state index contributed by atoms with van der Waals surface area (Å²) in [5, 5.41) is 0.282. The predicted molar refractivity (Wildman–Crippen MR) is 34.5 cm³/mol. The van der Waals surface area contributed by atoms with Gasteiger partial charge in [-0.2, -0.15) is 0 Å². The number of hydrogen-bond donors (Lipinski definition) is 0. The van der Waals surface area contributed by atoms with Crippen LogP contribution >= 0.6 is 11.6 Å². The molecule has 0 aliphatic heterocycles. The first-order chi connectivity index (χ1) is 3.18. The molecule has 2 unspecified atom stereocenters. The molecule has 0 heterocycles. The fourth-order valence-electron chi connectivity index (χ4n) is 0.265. The normalized spacial score (nSPS) is 18.9. The van der Waals surface area contributed by atoms with E-state index in [0.29, 0.717) is 5.92 Å². The Morgan fingerprint density at radius 1 is 1.43 bits per heavy atom. The quantitative estimate of drug-likeness (QED) is 0.490. The van der Waals surface area contributed by atoms with Gasteiger partial charge in [-0.3, -0.25) is 0 Å². The van der Waals surface area contributed by atoms with E-state index < -0.39 is 0 Å². The molecular weight excluding hydrogens is 108 g/mol. The number of rotatable bonds is 2. The van der Waals surface area contributed by atoms with Gasteiger partial charge in [-0.25, -0.2) is 0 Å². The van der Waals surface area contributed by atoms with Gasteiger partial charge in [-0.1, -0.05) is 13.8 Å². The van der Waals surface area contributed by atoms with Crippen molar-refractivity contribution in [3.05, 3.63) is 6.42 Å². The summed E-state index contributed by atoms with van der Waals surface area (Å²) in [5.74, 6) is 0.543. The molecule has 0 saturated heterocycles. The summed E-state index contributed by atoms with van der Waals surface area (Å²) >= 11 is 5.70. The van der Waals surface area contributed by atoms with Crippen molar-refractivity contribution in [2.75, 3.05) is 0 Å². The Morgan fingerprint density at radius 2 is 1.86 bits per heavy atom. The maximum absolute atomic E-state index is 5.70. The van der Waals surface area contributed by atoms with E-state index in [9.17, 15) is 0 Å². The van der Waals surface area contributed by atoms with Gasteiger partial charge < -0.3 is 0 Å². The molecule has 0 amide bonds. The molecule has 0 aromatic carbocycles. The average Bonchev–Trinajstić information content (AvgIpc) is 1.65. The van der Waals surface area contributed by atoms with Crippen LogP contribution in [0.25, 0.3) is 0 Å². The van der Waals surface area contributed by atoms with Crippen LogP contribution in [-0.4, -0.2) is 5.38 Å². The van der Waals surface area contributed by atoms with Crippen LogP contribution in [0.15, 0.2) is 0 Å². The molecule has 0 aliphatic rings. The maximum atomic E-state index is 5.70. The van der Waals surface area contributed by atoms with Gasteiger partial charge in [0.1, 0.15) is 0 Å². The van der Waals surface area contributed by atoms with Crippen LogP contribution in [0, 0.1) is 12.3 Å². The lowest BCUT2D eigenvalue weighted by atomic mass is 10.1. The Morgan fingerprint density at radius 3 is 1.86 bits per heavy atom. The minimum atomic E-state index is 0.282. The zero-order valence-electron chi connectivity index (χ0n) is 5.11. The van der Waals surface area contributed by atoms with Crippen molar-refractivity contribution in [1.29, 1.82) is 0 Å². The fraction of sp³-hybridized carbons (Fsp3) is 0.833. The Bertz CT molecular complexity index is 41.4. The van der Waals surface area contributed by atoms with E-state index >= 15 is 0 Å². The largest absolute Gasteiger partial charge is 0.123 e. The van der Waals surface area contributed by atoms with Crippen molar-refractivity contribution in [2.45, 2.75) is 26.1 Å². The predicted octanol–water partition coefficient (Wildman–Crippen LogP) is 2.47. The number of hydrogen-bond acceptors (Lipinski definition) is 0. The molecule has 0 spiro atoms. The molecule has 0 nitrogen and oxygen atoms in total. The summed E-state index contributed by atoms with van der Waals surface area (Å²) in [7, 11) is 0. The highest BCUT2D eigenvalue weighted by atomic mass is 35.5. The summed E-state index contributed by atoms with van der Waals surface area (Å²) in [5.41, 5.74) is 0. The van der Waals surface area contributed by atoms with Gasteiger partial charge in [0.15, 0.2) is 0 Å². The van der Waals surface area contributed by atoms with Crippen molar-refractivity contribution in [2.24, 2.45) is 5.92 Å². The van der Waals surface area contributed by atoms with Gasteiger partial charge >= 0.3 is 0 Å². The van der Waals surface area contributed by atoms with Crippen LogP contribution < -0.4 is 0 Å². The van der Waals surface area contributed by atoms with Crippen molar-refractivity contribution in [3.8, 4) is 0 Å². The zero-order chi connectivity index (χ0) is 5.86.